The van der Waals surface area contributed by atoms with Gasteiger partial charge in [0.25, 0.3) is 0 Å². The number of anilines is 1. The van der Waals surface area contributed by atoms with Gasteiger partial charge < -0.3 is 5.32 Å². The van der Waals surface area contributed by atoms with Crippen molar-refractivity contribution >= 4 is 34.7 Å². The number of hydrogen-bond donors (Lipinski definition) is 1. The number of halogens is 3. The van der Waals surface area contributed by atoms with E-state index < -0.39 is 17.6 Å². The Morgan fingerprint density at radius 2 is 2.00 bits per heavy atom. The predicted molar refractivity (Wildman–Crippen MR) is 106 cm³/mol. The first-order valence-corrected chi connectivity index (χ1v) is 10.5. The SMILES string of the molecule is CCC(C)Sc1ccc(NC(=O)Cc2csc(C(C)C)n2)c(C(F)(F)F)c1. The van der Waals surface area contributed by atoms with E-state index in [1.54, 1.807) is 11.4 Å². The molecule has 0 aliphatic heterocycles. The van der Waals surface area contributed by atoms with Crippen LogP contribution in [0, 0.1) is 0 Å². The topological polar surface area (TPSA) is 42.0 Å². The van der Waals surface area contributed by atoms with E-state index in [0.717, 1.165) is 17.5 Å². The van der Waals surface area contributed by atoms with Crippen LogP contribution < -0.4 is 5.32 Å². The van der Waals surface area contributed by atoms with Gasteiger partial charge in [0.1, 0.15) is 0 Å². The maximum atomic E-state index is 13.4. The fourth-order valence-electron chi connectivity index (χ4n) is 2.28. The van der Waals surface area contributed by atoms with Crippen LogP contribution in [0.3, 0.4) is 0 Å². The molecule has 148 valence electrons. The number of carbonyl (C=O) groups is 1. The quantitative estimate of drug-likeness (QED) is 0.534. The maximum absolute atomic E-state index is 13.4. The average Bonchev–Trinajstić information content (AvgIpc) is 3.03. The first-order valence-electron chi connectivity index (χ1n) is 8.72. The van der Waals surface area contributed by atoms with Crippen LogP contribution in [-0.4, -0.2) is 16.1 Å². The largest absolute Gasteiger partial charge is 0.418 e. The number of nitrogens with one attached hydrogen (secondary N) is 1. The molecule has 1 N–H and O–H groups in total. The molecule has 0 bridgehead atoms. The summed E-state index contributed by atoms with van der Waals surface area (Å²) in [7, 11) is 0. The van der Waals surface area contributed by atoms with Crippen molar-refractivity contribution in [1.82, 2.24) is 4.98 Å². The van der Waals surface area contributed by atoms with Crippen LogP contribution in [0.1, 0.15) is 56.3 Å². The van der Waals surface area contributed by atoms with E-state index in [9.17, 15) is 18.0 Å². The summed E-state index contributed by atoms with van der Waals surface area (Å²) >= 11 is 2.84. The first-order chi connectivity index (χ1) is 12.6. The van der Waals surface area contributed by atoms with Crippen molar-refractivity contribution in [3.63, 3.8) is 0 Å². The Morgan fingerprint density at radius 3 is 2.56 bits per heavy atom. The third kappa shape index (κ3) is 6.24. The molecule has 1 amide bonds. The van der Waals surface area contributed by atoms with Crippen LogP contribution in [0.25, 0.3) is 0 Å². The molecule has 0 saturated heterocycles. The molecule has 1 aromatic heterocycles. The second-order valence-corrected chi connectivity index (χ2v) is 9.00. The third-order valence-electron chi connectivity index (χ3n) is 3.89. The van der Waals surface area contributed by atoms with Gasteiger partial charge in [-0.3, -0.25) is 4.79 Å². The number of rotatable bonds is 7. The van der Waals surface area contributed by atoms with E-state index in [4.69, 9.17) is 0 Å². The Balaban J connectivity index is 2.17. The molecule has 8 heteroatoms. The predicted octanol–water partition coefficient (Wildman–Crippen LogP) is 6.36. The third-order valence-corrected chi connectivity index (χ3v) is 6.34. The van der Waals surface area contributed by atoms with Gasteiger partial charge in [0, 0.05) is 21.4 Å². The van der Waals surface area contributed by atoms with Crippen LogP contribution in [0.15, 0.2) is 28.5 Å². The highest BCUT2D eigenvalue weighted by atomic mass is 32.2. The Morgan fingerprint density at radius 1 is 1.30 bits per heavy atom. The van der Waals surface area contributed by atoms with Crippen LogP contribution in [-0.2, 0) is 17.4 Å². The summed E-state index contributed by atoms with van der Waals surface area (Å²) in [6.07, 6.45) is -3.74. The summed E-state index contributed by atoms with van der Waals surface area (Å²) in [6.45, 7) is 7.95. The van der Waals surface area contributed by atoms with Crippen molar-refractivity contribution in [2.45, 2.75) is 62.8 Å². The number of thiazole rings is 1. The molecule has 3 nitrogen and oxygen atoms in total. The van der Waals surface area contributed by atoms with Gasteiger partial charge in [-0.1, -0.05) is 27.7 Å². The van der Waals surface area contributed by atoms with E-state index >= 15 is 0 Å². The minimum absolute atomic E-state index is 0.0517. The Hall–Kier alpha value is -1.54. The van der Waals surface area contributed by atoms with Crippen LogP contribution in [0.2, 0.25) is 0 Å². The summed E-state index contributed by atoms with van der Waals surface area (Å²) < 4.78 is 40.3. The number of thioether (sulfide) groups is 1. The summed E-state index contributed by atoms with van der Waals surface area (Å²) in [5, 5.41) is 5.28. The molecule has 1 heterocycles. The smallest absolute Gasteiger partial charge is 0.325 e. The van der Waals surface area contributed by atoms with Crippen LogP contribution in [0.4, 0.5) is 18.9 Å². The molecule has 1 unspecified atom stereocenters. The number of carbonyl (C=O) groups excluding carboxylic acids is 1. The second-order valence-electron chi connectivity index (χ2n) is 6.60. The van der Waals surface area contributed by atoms with E-state index in [0.29, 0.717) is 10.6 Å². The number of aromatic nitrogens is 1. The van der Waals surface area contributed by atoms with E-state index in [-0.39, 0.29) is 23.3 Å². The maximum Gasteiger partial charge on any atom is 0.418 e. The Kier molecular flexibility index (Phi) is 7.33. The van der Waals surface area contributed by atoms with Gasteiger partial charge in [0.15, 0.2) is 0 Å². The lowest BCUT2D eigenvalue weighted by molar-refractivity contribution is -0.137. The van der Waals surface area contributed by atoms with Crippen LogP contribution >= 0.6 is 23.1 Å². The highest BCUT2D eigenvalue weighted by Crippen LogP contribution is 2.38. The fourth-order valence-corrected chi connectivity index (χ4v) is 4.08. The molecule has 1 aromatic carbocycles. The molecule has 0 fully saturated rings. The molecule has 0 aliphatic carbocycles. The zero-order valence-corrected chi connectivity index (χ0v) is 17.3. The standard InChI is InChI=1S/C19H23F3N2OS2/c1-5-12(4)27-14-6-7-16(15(9-14)19(20,21)22)24-17(25)8-13-10-26-18(23-13)11(2)3/h6-7,9-12H,5,8H2,1-4H3,(H,24,25). The van der Waals surface area contributed by atoms with Crippen LogP contribution in [0.5, 0.6) is 0 Å². The van der Waals surface area contributed by atoms with E-state index in [2.05, 4.69) is 10.3 Å². The summed E-state index contributed by atoms with van der Waals surface area (Å²) in [6, 6.07) is 4.04. The monoisotopic (exact) mass is 416 g/mol. The molecule has 27 heavy (non-hydrogen) atoms. The van der Waals surface area contributed by atoms with Crippen molar-refractivity contribution in [3.05, 3.63) is 39.8 Å². The lowest BCUT2D eigenvalue weighted by Crippen LogP contribution is -2.18. The number of benzene rings is 1. The highest BCUT2D eigenvalue weighted by molar-refractivity contribution is 7.99. The summed E-state index contributed by atoms with van der Waals surface area (Å²) in [4.78, 5) is 17.1. The van der Waals surface area contributed by atoms with Gasteiger partial charge in [-0.2, -0.15) is 13.2 Å². The number of alkyl halides is 3. The van der Waals surface area contributed by atoms with Gasteiger partial charge in [-0.15, -0.1) is 23.1 Å². The molecule has 0 radical (unpaired) electrons. The lowest BCUT2D eigenvalue weighted by Gasteiger charge is -2.16. The van der Waals surface area contributed by atoms with Gasteiger partial charge in [0.2, 0.25) is 5.91 Å². The number of hydrogen-bond acceptors (Lipinski definition) is 4. The summed E-state index contributed by atoms with van der Waals surface area (Å²) in [5.74, 6) is -0.261. The summed E-state index contributed by atoms with van der Waals surface area (Å²) in [5.41, 5.74) is -0.482. The van der Waals surface area contributed by atoms with Gasteiger partial charge in [-0.25, -0.2) is 4.98 Å². The molecular weight excluding hydrogens is 393 g/mol. The van der Waals surface area contributed by atoms with Crippen molar-refractivity contribution in [2.24, 2.45) is 0 Å². The van der Waals surface area contributed by atoms with Crippen molar-refractivity contribution in [2.75, 3.05) is 5.32 Å². The highest BCUT2D eigenvalue weighted by Gasteiger charge is 2.34. The molecule has 2 rings (SSSR count). The molecular formula is C19H23F3N2OS2. The number of nitrogens with zero attached hydrogens (tertiary/aromatic N) is 1. The zero-order valence-electron chi connectivity index (χ0n) is 15.7. The van der Waals surface area contributed by atoms with Gasteiger partial charge >= 0.3 is 6.18 Å². The first kappa shape index (κ1) is 21.8. The fraction of sp³-hybridized carbons (Fsp3) is 0.474. The Bertz CT molecular complexity index is 788. The van der Waals surface area contributed by atoms with Gasteiger partial charge in [0.05, 0.1) is 28.4 Å². The molecule has 1 atom stereocenters. The van der Waals surface area contributed by atoms with Crippen molar-refractivity contribution in [3.8, 4) is 0 Å². The minimum atomic E-state index is -4.54. The molecule has 2 aromatic rings. The van der Waals surface area contributed by atoms with E-state index in [1.165, 1.54) is 29.2 Å². The minimum Gasteiger partial charge on any atom is -0.325 e. The van der Waals surface area contributed by atoms with Crippen molar-refractivity contribution < 1.29 is 18.0 Å². The molecule has 0 aliphatic rings. The normalized spacial score (nSPS) is 13.0. The Labute approximate surface area is 165 Å². The van der Waals surface area contributed by atoms with Crippen molar-refractivity contribution in [1.29, 1.82) is 0 Å². The zero-order chi connectivity index (χ0) is 20.2. The van der Waals surface area contributed by atoms with E-state index in [1.807, 2.05) is 27.7 Å². The average molecular weight is 417 g/mol. The lowest BCUT2D eigenvalue weighted by atomic mass is 10.1. The number of amides is 1. The second kappa shape index (κ2) is 9.10. The van der Waals surface area contributed by atoms with Gasteiger partial charge in [-0.05, 0) is 24.6 Å². The molecule has 0 spiro atoms. The molecule has 0 saturated carbocycles.